The summed E-state index contributed by atoms with van der Waals surface area (Å²) in [5.41, 5.74) is 12.7. The van der Waals surface area contributed by atoms with Gasteiger partial charge in [-0.25, -0.2) is 0 Å². The number of allylic oxidation sites excluding steroid dienone is 2. The van der Waals surface area contributed by atoms with E-state index in [4.69, 9.17) is 5.53 Å². The molecular weight excluding hydrogens is 210 g/mol. The number of hydrogen-bond donors (Lipinski definition) is 0. The van der Waals surface area contributed by atoms with Gasteiger partial charge in [-0.1, -0.05) is 19.1 Å². The van der Waals surface area contributed by atoms with Crippen LogP contribution in [0.4, 0.5) is 5.69 Å². The van der Waals surface area contributed by atoms with E-state index in [9.17, 15) is 0 Å². The molecule has 1 aromatic rings. The summed E-state index contributed by atoms with van der Waals surface area (Å²) in [5, 5.41) is 0. The molecule has 0 radical (unpaired) electrons. The highest BCUT2D eigenvalue weighted by Crippen LogP contribution is 2.16. The fraction of sp³-hybridized carbons (Fsp3) is 0.286. The Morgan fingerprint density at radius 3 is 2.47 bits per heavy atom. The number of hydrogen-bond acceptors (Lipinski definition) is 1. The number of rotatable bonds is 2. The Morgan fingerprint density at radius 2 is 1.94 bits per heavy atom. The monoisotopic (exact) mass is 225 g/mol. The van der Waals surface area contributed by atoms with Crippen LogP contribution in [0.1, 0.15) is 25.3 Å². The van der Waals surface area contributed by atoms with E-state index in [1.54, 1.807) is 0 Å². The average Bonchev–Trinajstić information content (AvgIpc) is 2.40. The van der Waals surface area contributed by atoms with E-state index < -0.39 is 0 Å². The van der Waals surface area contributed by atoms with Gasteiger partial charge in [0.1, 0.15) is 0 Å². The quantitative estimate of drug-likeness (QED) is 0.547. The smallest absolute Gasteiger partial charge is 0.292 e. The maximum atomic E-state index is 8.62. The minimum absolute atomic E-state index is 0.713. The molecular formula is C14H15N3. The molecule has 0 heterocycles. The van der Waals surface area contributed by atoms with Crippen LogP contribution in [0.2, 0.25) is 0 Å². The Bertz CT molecular complexity index is 503. The van der Waals surface area contributed by atoms with E-state index in [0.29, 0.717) is 5.71 Å². The van der Waals surface area contributed by atoms with Crippen molar-refractivity contribution < 1.29 is 4.79 Å². The van der Waals surface area contributed by atoms with Gasteiger partial charge in [-0.15, -0.1) is 0 Å². The molecule has 0 N–H and O–H groups in total. The zero-order valence-corrected chi connectivity index (χ0v) is 9.93. The molecule has 0 aromatic heterocycles. The number of nitrogens with zero attached hydrogens (tertiary/aromatic N) is 3. The standard InChI is InChI=1S/C14H15N3/c1-2-11-3-5-12(6-4-11)16-13-7-9-14(17-15)10-8-13/h3-7,9H,2,8,10H2,1H3. The van der Waals surface area contributed by atoms with Crippen LogP contribution in [0.25, 0.3) is 5.53 Å². The van der Waals surface area contributed by atoms with E-state index in [0.717, 1.165) is 30.7 Å². The SMILES string of the molecule is CCc1ccc(N=C2C=CC(=[N+]=[N-])CC2)cc1. The van der Waals surface area contributed by atoms with Gasteiger partial charge < -0.3 is 5.53 Å². The third kappa shape index (κ3) is 2.99. The lowest BCUT2D eigenvalue weighted by molar-refractivity contribution is -0.00621. The molecule has 0 spiro atoms. The lowest BCUT2D eigenvalue weighted by Gasteiger charge is -2.04. The topological polar surface area (TPSA) is 48.8 Å². The van der Waals surface area contributed by atoms with E-state index in [-0.39, 0.29) is 0 Å². The van der Waals surface area contributed by atoms with Crippen molar-refractivity contribution in [3.05, 3.63) is 47.5 Å². The Hall–Kier alpha value is -1.99. The molecule has 0 saturated heterocycles. The van der Waals surface area contributed by atoms with Crippen LogP contribution in [0.15, 0.2) is 41.4 Å². The van der Waals surface area contributed by atoms with Crippen LogP contribution in [-0.2, 0) is 6.42 Å². The predicted molar refractivity (Wildman–Crippen MR) is 69.9 cm³/mol. The molecule has 17 heavy (non-hydrogen) atoms. The first-order valence-electron chi connectivity index (χ1n) is 5.87. The number of aliphatic imine (C=N–C) groups is 1. The predicted octanol–water partition coefficient (Wildman–Crippen LogP) is 3.34. The molecule has 0 aliphatic heterocycles. The van der Waals surface area contributed by atoms with E-state index >= 15 is 0 Å². The molecule has 0 atom stereocenters. The van der Waals surface area contributed by atoms with E-state index in [1.165, 1.54) is 5.56 Å². The zero-order chi connectivity index (χ0) is 12.1. The van der Waals surface area contributed by atoms with Crippen molar-refractivity contribution >= 4 is 17.1 Å². The van der Waals surface area contributed by atoms with Crippen molar-refractivity contribution in [1.82, 2.24) is 0 Å². The van der Waals surface area contributed by atoms with Crippen molar-refractivity contribution in [2.24, 2.45) is 4.99 Å². The summed E-state index contributed by atoms with van der Waals surface area (Å²) in [7, 11) is 0. The maximum Gasteiger partial charge on any atom is 0.292 e. The molecule has 0 bridgehead atoms. The molecule has 1 aliphatic carbocycles. The van der Waals surface area contributed by atoms with Gasteiger partial charge in [0.25, 0.3) is 5.71 Å². The van der Waals surface area contributed by atoms with Gasteiger partial charge in [-0.05, 0) is 30.2 Å². The Balaban J connectivity index is 2.17. The third-order valence-corrected chi connectivity index (χ3v) is 2.85. The van der Waals surface area contributed by atoms with Crippen LogP contribution in [0.5, 0.6) is 0 Å². The fourth-order valence-electron chi connectivity index (χ4n) is 1.76. The van der Waals surface area contributed by atoms with Gasteiger partial charge in [-0.3, -0.25) is 4.99 Å². The second-order valence-electron chi connectivity index (χ2n) is 4.05. The highest BCUT2D eigenvalue weighted by atomic mass is 14.9. The Kier molecular flexibility index (Phi) is 3.63. The summed E-state index contributed by atoms with van der Waals surface area (Å²) in [5.74, 6) is 0. The average molecular weight is 225 g/mol. The molecule has 0 fully saturated rings. The second-order valence-corrected chi connectivity index (χ2v) is 4.05. The molecule has 3 nitrogen and oxygen atoms in total. The largest absolute Gasteiger partial charge is 0.361 e. The normalized spacial score (nSPS) is 17.2. The Morgan fingerprint density at radius 1 is 1.18 bits per heavy atom. The first-order chi connectivity index (χ1) is 8.31. The molecule has 3 heteroatoms. The third-order valence-electron chi connectivity index (χ3n) is 2.85. The van der Waals surface area contributed by atoms with Crippen LogP contribution < -0.4 is 0 Å². The zero-order valence-electron chi connectivity index (χ0n) is 9.93. The number of benzene rings is 1. The molecule has 2 rings (SSSR count). The van der Waals surface area contributed by atoms with Crippen LogP contribution in [0, 0.1) is 0 Å². The summed E-state index contributed by atoms with van der Waals surface area (Å²) < 4.78 is 0. The van der Waals surface area contributed by atoms with Gasteiger partial charge in [0.05, 0.1) is 12.1 Å². The van der Waals surface area contributed by atoms with Crippen molar-refractivity contribution in [3.8, 4) is 0 Å². The minimum atomic E-state index is 0.713. The lowest BCUT2D eigenvalue weighted by atomic mass is 10.0. The van der Waals surface area contributed by atoms with E-state index in [1.807, 2.05) is 24.3 Å². The van der Waals surface area contributed by atoms with Gasteiger partial charge in [0.2, 0.25) is 0 Å². The van der Waals surface area contributed by atoms with Gasteiger partial charge in [-0.2, -0.15) is 4.79 Å². The molecule has 0 saturated carbocycles. The van der Waals surface area contributed by atoms with Crippen LogP contribution in [-0.4, -0.2) is 16.2 Å². The molecule has 0 amide bonds. The first-order valence-corrected chi connectivity index (χ1v) is 5.87. The summed E-state index contributed by atoms with van der Waals surface area (Å²) >= 11 is 0. The second kappa shape index (κ2) is 5.37. The summed E-state index contributed by atoms with van der Waals surface area (Å²) in [6, 6.07) is 8.28. The van der Waals surface area contributed by atoms with Crippen molar-refractivity contribution in [1.29, 1.82) is 0 Å². The number of aryl methyl sites for hydroxylation is 1. The van der Waals surface area contributed by atoms with Gasteiger partial charge in [0.15, 0.2) is 0 Å². The maximum absolute atomic E-state index is 8.62. The summed E-state index contributed by atoms with van der Waals surface area (Å²) in [6.45, 7) is 2.14. The van der Waals surface area contributed by atoms with Crippen LogP contribution in [0.3, 0.4) is 0 Å². The highest BCUT2D eigenvalue weighted by molar-refractivity contribution is 6.07. The van der Waals surface area contributed by atoms with Crippen LogP contribution >= 0.6 is 0 Å². The highest BCUT2D eigenvalue weighted by Gasteiger charge is 2.11. The molecule has 1 aliphatic rings. The Labute approximate surface area is 101 Å². The van der Waals surface area contributed by atoms with Crippen molar-refractivity contribution in [2.45, 2.75) is 26.2 Å². The minimum Gasteiger partial charge on any atom is -0.361 e. The van der Waals surface area contributed by atoms with Gasteiger partial charge >= 0.3 is 0 Å². The first kappa shape index (κ1) is 11.5. The molecule has 0 unspecified atom stereocenters. The fourth-order valence-corrected chi connectivity index (χ4v) is 1.76. The summed E-state index contributed by atoms with van der Waals surface area (Å²) in [6.07, 6.45) is 6.34. The molecule has 1 aromatic carbocycles. The lowest BCUT2D eigenvalue weighted by Crippen LogP contribution is -2.07. The van der Waals surface area contributed by atoms with Crippen molar-refractivity contribution in [2.75, 3.05) is 0 Å². The van der Waals surface area contributed by atoms with Crippen molar-refractivity contribution in [3.63, 3.8) is 0 Å². The van der Waals surface area contributed by atoms with Gasteiger partial charge in [0, 0.05) is 18.2 Å². The molecule has 86 valence electrons. The van der Waals surface area contributed by atoms with E-state index in [2.05, 4.69) is 28.8 Å². The summed E-state index contributed by atoms with van der Waals surface area (Å²) in [4.78, 5) is 7.74.